The van der Waals surface area contributed by atoms with Gasteiger partial charge in [0.1, 0.15) is 0 Å². The SMILES string of the molecule is CCCNc1nc(Cl)nc(NCC(=O)NC(C)C)n1. The Bertz CT molecular complexity index is 426. The van der Waals surface area contributed by atoms with Crippen molar-refractivity contribution in [1.29, 1.82) is 0 Å². The summed E-state index contributed by atoms with van der Waals surface area (Å²) in [6.45, 7) is 6.65. The lowest BCUT2D eigenvalue weighted by atomic mass is 10.4. The number of nitrogens with zero attached hydrogens (tertiary/aromatic N) is 3. The fourth-order valence-corrected chi connectivity index (χ4v) is 1.44. The Labute approximate surface area is 117 Å². The number of hydrogen-bond acceptors (Lipinski definition) is 6. The van der Waals surface area contributed by atoms with Crippen molar-refractivity contribution in [2.24, 2.45) is 0 Å². The van der Waals surface area contributed by atoms with Crippen molar-refractivity contribution < 1.29 is 4.79 Å². The minimum atomic E-state index is -0.130. The largest absolute Gasteiger partial charge is 0.354 e. The maximum atomic E-state index is 11.5. The smallest absolute Gasteiger partial charge is 0.239 e. The summed E-state index contributed by atoms with van der Waals surface area (Å²) >= 11 is 5.79. The molecular weight excluding hydrogens is 268 g/mol. The molecule has 0 bridgehead atoms. The molecule has 0 aliphatic heterocycles. The molecule has 1 rings (SSSR count). The van der Waals surface area contributed by atoms with Crippen LogP contribution in [0.2, 0.25) is 5.28 Å². The van der Waals surface area contributed by atoms with Gasteiger partial charge >= 0.3 is 0 Å². The van der Waals surface area contributed by atoms with Crippen LogP contribution in [0.4, 0.5) is 11.9 Å². The predicted molar refractivity (Wildman–Crippen MR) is 75.4 cm³/mol. The van der Waals surface area contributed by atoms with Crippen molar-refractivity contribution in [3.8, 4) is 0 Å². The summed E-state index contributed by atoms with van der Waals surface area (Å²) in [6.07, 6.45) is 0.947. The minimum absolute atomic E-state index is 0.0837. The van der Waals surface area contributed by atoms with Crippen molar-refractivity contribution in [2.75, 3.05) is 23.7 Å². The first-order valence-corrected chi connectivity index (χ1v) is 6.57. The standard InChI is InChI=1S/C11H19ClN6O/c1-4-5-13-10-16-9(12)17-11(18-10)14-6-8(19)15-7(2)3/h7H,4-6H2,1-3H3,(H,15,19)(H2,13,14,16,17,18). The fourth-order valence-electron chi connectivity index (χ4n) is 1.28. The van der Waals surface area contributed by atoms with Gasteiger partial charge in [0.25, 0.3) is 0 Å². The highest BCUT2D eigenvalue weighted by Gasteiger charge is 2.07. The zero-order valence-corrected chi connectivity index (χ0v) is 12.1. The number of carbonyl (C=O) groups is 1. The maximum Gasteiger partial charge on any atom is 0.239 e. The summed E-state index contributed by atoms with van der Waals surface area (Å²) in [5.74, 6) is 0.542. The van der Waals surface area contributed by atoms with E-state index < -0.39 is 0 Å². The normalized spacial score (nSPS) is 10.4. The number of rotatable bonds is 7. The van der Waals surface area contributed by atoms with E-state index in [4.69, 9.17) is 11.6 Å². The first-order chi connectivity index (χ1) is 9.01. The van der Waals surface area contributed by atoms with E-state index in [1.54, 1.807) is 0 Å². The number of halogens is 1. The lowest BCUT2D eigenvalue weighted by molar-refractivity contribution is -0.119. The molecule has 1 aromatic heterocycles. The van der Waals surface area contributed by atoms with Gasteiger partial charge in [0.2, 0.25) is 23.1 Å². The summed E-state index contributed by atoms with van der Waals surface area (Å²) in [4.78, 5) is 23.4. The average Bonchev–Trinajstić information content (AvgIpc) is 2.32. The quantitative estimate of drug-likeness (QED) is 0.699. The van der Waals surface area contributed by atoms with Crippen molar-refractivity contribution in [2.45, 2.75) is 33.2 Å². The second kappa shape index (κ2) is 7.73. The van der Waals surface area contributed by atoms with Crippen LogP contribution in [0.25, 0.3) is 0 Å². The molecule has 1 amide bonds. The molecule has 1 heterocycles. The Kier molecular flexibility index (Phi) is 6.27. The average molecular weight is 287 g/mol. The molecule has 0 fully saturated rings. The molecule has 0 aliphatic carbocycles. The lowest BCUT2D eigenvalue weighted by Crippen LogP contribution is -2.35. The third-order valence-electron chi connectivity index (χ3n) is 2.00. The molecule has 0 aliphatic rings. The van der Waals surface area contributed by atoms with Crippen LogP contribution in [0.1, 0.15) is 27.2 Å². The topological polar surface area (TPSA) is 91.8 Å². The van der Waals surface area contributed by atoms with E-state index in [0.29, 0.717) is 5.95 Å². The van der Waals surface area contributed by atoms with Crippen molar-refractivity contribution in [3.63, 3.8) is 0 Å². The molecule has 0 radical (unpaired) electrons. The van der Waals surface area contributed by atoms with Crippen LogP contribution >= 0.6 is 11.6 Å². The van der Waals surface area contributed by atoms with E-state index >= 15 is 0 Å². The number of anilines is 2. The Morgan fingerprint density at radius 1 is 1.21 bits per heavy atom. The number of nitrogens with one attached hydrogen (secondary N) is 3. The van der Waals surface area contributed by atoms with Gasteiger partial charge in [-0.2, -0.15) is 15.0 Å². The number of aromatic nitrogens is 3. The predicted octanol–water partition coefficient (Wildman–Crippen LogP) is 1.28. The fraction of sp³-hybridized carbons (Fsp3) is 0.636. The van der Waals surface area contributed by atoms with E-state index in [1.807, 2.05) is 20.8 Å². The number of amides is 1. The molecule has 0 unspecified atom stereocenters. The van der Waals surface area contributed by atoms with Crippen LogP contribution in [-0.2, 0) is 4.79 Å². The summed E-state index contributed by atoms with van der Waals surface area (Å²) in [6, 6.07) is 0.0954. The van der Waals surface area contributed by atoms with Gasteiger partial charge < -0.3 is 16.0 Å². The van der Waals surface area contributed by atoms with E-state index in [2.05, 4.69) is 30.9 Å². The molecule has 3 N–H and O–H groups in total. The molecule has 0 saturated carbocycles. The maximum absolute atomic E-state index is 11.5. The molecule has 106 valence electrons. The van der Waals surface area contributed by atoms with Crippen LogP contribution in [0, 0.1) is 0 Å². The van der Waals surface area contributed by atoms with Gasteiger partial charge in [-0.25, -0.2) is 0 Å². The molecule has 19 heavy (non-hydrogen) atoms. The Morgan fingerprint density at radius 2 is 1.84 bits per heavy atom. The van der Waals surface area contributed by atoms with Gasteiger partial charge in [0, 0.05) is 12.6 Å². The first-order valence-electron chi connectivity index (χ1n) is 6.20. The third-order valence-corrected chi connectivity index (χ3v) is 2.17. The lowest BCUT2D eigenvalue weighted by Gasteiger charge is -2.10. The van der Waals surface area contributed by atoms with E-state index in [1.165, 1.54) is 0 Å². The van der Waals surface area contributed by atoms with Gasteiger partial charge in [-0.1, -0.05) is 6.92 Å². The number of carbonyl (C=O) groups excluding carboxylic acids is 1. The molecule has 8 heteroatoms. The zero-order valence-electron chi connectivity index (χ0n) is 11.3. The summed E-state index contributed by atoms with van der Waals surface area (Å²) in [5.41, 5.74) is 0. The summed E-state index contributed by atoms with van der Waals surface area (Å²) in [5, 5.41) is 8.66. The molecule has 0 saturated heterocycles. The van der Waals surface area contributed by atoms with Crippen molar-refractivity contribution in [3.05, 3.63) is 5.28 Å². The Hall–Kier alpha value is -1.63. The third kappa shape index (κ3) is 6.19. The monoisotopic (exact) mass is 286 g/mol. The van der Waals surface area contributed by atoms with Gasteiger partial charge in [0.15, 0.2) is 0 Å². The zero-order chi connectivity index (χ0) is 14.3. The molecule has 0 aromatic carbocycles. The van der Waals surface area contributed by atoms with Crippen molar-refractivity contribution >= 4 is 29.4 Å². The molecule has 1 aromatic rings. The highest BCUT2D eigenvalue weighted by atomic mass is 35.5. The van der Waals surface area contributed by atoms with E-state index in [9.17, 15) is 4.79 Å². The van der Waals surface area contributed by atoms with Crippen molar-refractivity contribution in [1.82, 2.24) is 20.3 Å². The van der Waals surface area contributed by atoms with E-state index in [-0.39, 0.29) is 29.7 Å². The van der Waals surface area contributed by atoms with Crippen LogP contribution < -0.4 is 16.0 Å². The molecular formula is C11H19ClN6O. The highest BCUT2D eigenvalue weighted by molar-refractivity contribution is 6.28. The summed E-state index contributed by atoms with van der Waals surface area (Å²) in [7, 11) is 0. The Morgan fingerprint density at radius 3 is 2.42 bits per heavy atom. The van der Waals surface area contributed by atoms with Crippen LogP contribution in [0.3, 0.4) is 0 Å². The van der Waals surface area contributed by atoms with Crippen LogP contribution in [-0.4, -0.2) is 40.0 Å². The van der Waals surface area contributed by atoms with Gasteiger partial charge in [0.05, 0.1) is 6.54 Å². The summed E-state index contributed by atoms with van der Waals surface area (Å²) < 4.78 is 0. The second-order valence-electron chi connectivity index (χ2n) is 4.25. The van der Waals surface area contributed by atoms with Gasteiger partial charge in [-0.05, 0) is 31.9 Å². The van der Waals surface area contributed by atoms with Crippen LogP contribution in [0.15, 0.2) is 0 Å². The Balaban J connectivity index is 2.57. The van der Waals surface area contributed by atoms with Crippen LogP contribution in [0.5, 0.6) is 0 Å². The molecule has 0 spiro atoms. The van der Waals surface area contributed by atoms with E-state index in [0.717, 1.165) is 13.0 Å². The molecule has 0 atom stereocenters. The van der Waals surface area contributed by atoms with Gasteiger partial charge in [-0.15, -0.1) is 0 Å². The van der Waals surface area contributed by atoms with Gasteiger partial charge in [-0.3, -0.25) is 4.79 Å². The molecule has 7 nitrogen and oxygen atoms in total. The second-order valence-corrected chi connectivity index (χ2v) is 4.59. The first kappa shape index (κ1) is 15.4. The minimum Gasteiger partial charge on any atom is -0.354 e. The number of hydrogen-bond donors (Lipinski definition) is 3. The highest BCUT2D eigenvalue weighted by Crippen LogP contribution is 2.09.